The Bertz CT molecular complexity index is 669. The molecule has 0 atom stereocenters. The van der Waals surface area contributed by atoms with Crippen molar-refractivity contribution in [1.82, 2.24) is 0 Å². The van der Waals surface area contributed by atoms with E-state index in [4.69, 9.17) is 4.74 Å². The van der Waals surface area contributed by atoms with Crippen LogP contribution in [0, 0.1) is 13.8 Å². The third kappa shape index (κ3) is 3.82. The van der Waals surface area contributed by atoms with Crippen LogP contribution in [0.3, 0.4) is 0 Å². The molecule has 0 saturated carbocycles. The lowest BCUT2D eigenvalue weighted by Crippen LogP contribution is -1.99. The first-order chi connectivity index (χ1) is 10.1. The molecule has 108 valence electrons. The van der Waals surface area contributed by atoms with E-state index in [1.165, 1.54) is 0 Å². The minimum atomic E-state index is 0.0162. The van der Waals surface area contributed by atoms with Gasteiger partial charge in [0.15, 0.2) is 5.78 Å². The van der Waals surface area contributed by atoms with E-state index in [1.54, 1.807) is 6.08 Å². The van der Waals surface area contributed by atoms with E-state index in [-0.39, 0.29) is 5.78 Å². The lowest BCUT2D eigenvalue weighted by Gasteiger charge is -2.06. The van der Waals surface area contributed by atoms with Crippen molar-refractivity contribution in [3.63, 3.8) is 0 Å². The number of allylic oxidation sites excluding steroid dienone is 1. The molecule has 0 fully saturated rings. The van der Waals surface area contributed by atoms with Gasteiger partial charge < -0.3 is 4.74 Å². The maximum atomic E-state index is 12.3. The number of aryl methyl sites for hydroxylation is 2. The predicted molar refractivity (Wildman–Crippen MR) is 86.9 cm³/mol. The summed E-state index contributed by atoms with van der Waals surface area (Å²) in [4.78, 5) is 12.3. The Hall–Kier alpha value is -2.35. The number of carbonyl (C=O) groups is 1. The highest BCUT2D eigenvalue weighted by Crippen LogP contribution is 2.20. The summed E-state index contributed by atoms with van der Waals surface area (Å²) in [5, 5.41) is 0. The van der Waals surface area contributed by atoms with Gasteiger partial charge in [-0.1, -0.05) is 35.9 Å². The molecular formula is C19H20O2. The number of carbonyl (C=O) groups excluding carboxylic acids is 1. The zero-order valence-electron chi connectivity index (χ0n) is 12.7. The molecule has 0 spiro atoms. The summed E-state index contributed by atoms with van der Waals surface area (Å²) in [6, 6.07) is 13.6. The van der Waals surface area contributed by atoms with E-state index in [1.807, 2.05) is 69.3 Å². The van der Waals surface area contributed by atoms with Gasteiger partial charge in [0.1, 0.15) is 5.75 Å². The fraction of sp³-hybridized carbons (Fsp3) is 0.211. The highest BCUT2D eigenvalue weighted by Gasteiger charge is 2.06. The second-order valence-corrected chi connectivity index (χ2v) is 4.99. The summed E-state index contributed by atoms with van der Waals surface area (Å²) in [6.45, 7) is 6.50. The number of rotatable bonds is 5. The van der Waals surface area contributed by atoms with Crippen molar-refractivity contribution in [2.45, 2.75) is 20.8 Å². The van der Waals surface area contributed by atoms with Crippen molar-refractivity contribution >= 4 is 11.9 Å². The molecule has 0 aliphatic heterocycles. The number of ketones is 1. The van der Waals surface area contributed by atoms with Gasteiger partial charge in [-0.05, 0) is 50.6 Å². The van der Waals surface area contributed by atoms with E-state index in [0.29, 0.717) is 6.61 Å². The fourth-order valence-corrected chi connectivity index (χ4v) is 2.16. The van der Waals surface area contributed by atoms with E-state index >= 15 is 0 Å². The molecule has 2 aromatic rings. The molecule has 2 heteroatoms. The van der Waals surface area contributed by atoms with E-state index in [9.17, 15) is 4.79 Å². The molecule has 0 saturated heterocycles. The summed E-state index contributed by atoms with van der Waals surface area (Å²) in [6.07, 6.45) is 3.43. The van der Waals surface area contributed by atoms with Crippen LogP contribution in [-0.2, 0) is 0 Å². The van der Waals surface area contributed by atoms with Crippen LogP contribution in [0.1, 0.15) is 34.0 Å². The second-order valence-electron chi connectivity index (χ2n) is 4.99. The van der Waals surface area contributed by atoms with Crippen LogP contribution in [-0.4, -0.2) is 12.4 Å². The van der Waals surface area contributed by atoms with Crippen molar-refractivity contribution in [2.75, 3.05) is 6.61 Å². The topological polar surface area (TPSA) is 26.3 Å². The maximum Gasteiger partial charge on any atom is 0.186 e. The maximum absolute atomic E-state index is 12.3. The van der Waals surface area contributed by atoms with Crippen LogP contribution in [0.2, 0.25) is 0 Å². The van der Waals surface area contributed by atoms with E-state index < -0.39 is 0 Å². The number of ether oxygens (including phenoxy) is 1. The molecule has 2 nitrogen and oxygen atoms in total. The van der Waals surface area contributed by atoms with Crippen molar-refractivity contribution < 1.29 is 9.53 Å². The first-order valence-corrected chi connectivity index (χ1v) is 7.13. The molecule has 0 unspecified atom stereocenters. The van der Waals surface area contributed by atoms with Crippen molar-refractivity contribution in [2.24, 2.45) is 0 Å². The molecule has 21 heavy (non-hydrogen) atoms. The van der Waals surface area contributed by atoms with Gasteiger partial charge in [-0.25, -0.2) is 0 Å². The molecule has 0 aromatic heterocycles. The minimum absolute atomic E-state index is 0.0162. The van der Waals surface area contributed by atoms with Crippen molar-refractivity contribution in [1.29, 1.82) is 0 Å². The molecule has 0 radical (unpaired) electrons. The number of hydrogen-bond acceptors (Lipinski definition) is 2. The molecular weight excluding hydrogens is 260 g/mol. The molecule has 2 aromatic carbocycles. The number of hydrogen-bond donors (Lipinski definition) is 0. The first kappa shape index (κ1) is 15.0. The van der Waals surface area contributed by atoms with Crippen LogP contribution in [0.5, 0.6) is 5.75 Å². The Kier molecular flexibility index (Phi) is 4.94. The van der Waals surface area contributed by atoms with Gasteiger partial charge in [0.2, 0.25) is 0 Å². The Morgan fingerprint density at radius 2 is 1.90 bits per heavy atom. The third-order valence-electron chi connectivity index (χ3n) is 3.29. The molecule has 0 heterocycles. The fourth-order valence-electron chi connectivity index (χ4n) is 2.16. The molecule has 0 aliphatic carbocycles. The van der Waals surface area contributed by atoms with Gasteiger partial charge in [0, 0.05) is 11.1 Å². The zero-order valence-corrected chi connectivity index (χ0v) is 12.7. The van der Waals surface area contributed by atoms with Gasteiger partial charge in [-0.15, -0.1) is 0 Å². The number of para-hydroxylation sites is 1. The number of benzene rings is 2. The minimum Gasteiger partial charge on any atom is -0.493 e. The van der Waals surface area contributed by atoms with Gasteiger partial charge in [-0.3, -0.25) is 4.79 Å². The van der Waals surface area contributed by atoms with E-state index in [0.717, 1.165) is 28.0 Å². The lowest BCUT2D eigenvalue weighted by atomic mass is 10.0. The average Bonchev–Trinajstić information content (AvgIpc) is 2.49. The SMILES string of the molecule is CCOc1ccccc1/C=C/C(=O)c1cc(C)ccc1C. The van der Waals surface area contributed by atoms with Crippen LogP contribution in [0.4, 0.5) is 0 Å². The normalized spacial score (nSPS) is 10.8. The summed E-state index contributed by atoms with van der Waals surface area (Å²) in [5.74, 6) is 0.813. The Labute approximate surface area is 126 Å². The highest BCUT2D eigenvalue weighted by atomic mass is 16.5. The smallest absolute Gasteiger partial charge is 0.186 e. The predicted octanol–water partition coefficient (Wildman–Crippen LogP) is 4.60. The summed E-state index contributed by atoms with van der Waals surface area (Å²) in [5.41, 5.74) is 3.75. The van der Waals surface area contributed by atoms with Crippen LogP contribution < -0.4 is 4.74 Å². The average molecular weight is 280 g/mol. The summed E-state index contributed by atoms with van der Waals surface area (Å²) >= 11 is 0. The van der Waals surface area contributed by atoms with Gasteiger partial charge >= 0.3 is 0 Å². The molecule has 0 aliphatic rings. The van der Waals surface area contributed by atoms with Crippen LogP contribution in [0.25, 0.3) is 6.08 Å². The largest absolute Gasteiger partial charge is 0.493 e. The Morgan fingerprint density at radius 3 is 2.67 bits per heavy atom. The second kappa shape index (κ2) is 6.89. The van der Waals surface area contributed by atoms with Crippen LogP contribution >= 0.6 is 0 Å². The molecule has 0 N–H and O–H groups in total. The van der Waals surface area contributed by atoms with Crippen molar-refractivity contribution in [3.8, 4) is 5.75 Å². The van der Waals surface area contributed by atoms with E-state index in [2.05, 4.69) is 0 Å². The van der Waals surface area contributed by atoms with Crippen molar-refractivity contribution in [3.05, 3.63) is 70.8 Å². The summed E-state index contributed by atoms with van der Waals surface area (Å²) < 4.78 is 5.56. The quantitative estimate of drug-likeness (QED) is 0.591. The monoisotopic (exact) mass is 280 g/mol. The molecule has 0 amide bonds. The molecule has 2 rings (SSSR count). The first-order valence-electron chi connectivity index (χ1n) is 7.13. The Balaban J connectivity index is 2.25. The molecule has 0 bridgehead atoms. The Morgan fingerprint density at radius 1 is 1.14 bits per heavy atom. The lowest BCUT2D eigenvalue weighted by molar-refractivity contribution is 0.104. The highest BCUT2D eigenvalue weighted by molar-refractivity contribution is 6.08. The summed E-state index contributed by atoms with van der Waals surface area (Å²) in [7, 11) is 0. The van der Waals surface area contributed by atoms with Gasteiger partial charge in [0.25, 0.3) is 0 Å². The van der Waals surface area contributed by atoms with Gasteiger partial charge in [0.05, 0.1) is 6.61 Å². The zero-order chi connectivity index (χ0) is 15.2. The third-order valence-corrected chi connectivity index (χ3v) is 3.29. The van der Waals surface area contributed by atoms with Crippen LogP contribution in [0.15, 0.2) is 48.5 Å². The standard InChI is InChI=1S/C19H20O2/c1-4-21-19-8-6-5-7-16(19)11-12-18(20)17-13-14(2)9-10-15(17)3/h5-13H,4H2,1-3H3/b12-11+. The van der Waals surface area contributed by atoms with Gasteiger partial charge in [-0.2, -0.15) is 0 Å².